The van der Waals surface area contributed by atoms with Crippen LogP contribution in [0.15, 0.2) is 60.8 Å². The fraction of sp³-hybridized carbons (Fsp3) is 0.304. The van der Waals surface area contributed by atoms with Gasteiger partial charge in [-0.05, 0) is 69.3 Å². The summed E-state index contributed by atoms with van der Waals surface area (Å²) in [5.74, 6) is 1.43. The smallest absolute Gasteiger partial charge is 0.155 e. The number of rotatable bonds is 5. The standard InChI is InChI=1S/C23H25N5S/c1-17-7-9-21(29-17)16-27-13-11-18(12-14-27)23-25-22-10-8-20(15-28(22)26-23)24-19-5-3-2-4-6-19/h2-10,15,18,24H,11-14,16H2,1H3. The molecule has 1 aliphatic heterocycles. The molecule has 0 bridgehead atoms. The summed E-state index contributed by atoms with van der Waals surface area (Å²) in [7, 11) is 0. The average Bonchev–Trinajstić information content (AvgIpc) is 3.35. The molecule has 1 N–H and O–H groups in total. The summed E-state index contributed by atoms with van der Waals surface area (Å²) in [5.41, 5.74) is 3.00. The van der Waals surface area contributed by atoms with E-state index in [0.29, 0.717) is 5.92 Å². The van der Waals surface area contributed by atoms with E-state index in [1.54, 1.807) is 0 Å². The van der Waals surface area contributed by atoms with E-state index in [1.165, 1.54) is 9.75 Å². The number of likely N-dealkylation sites (tertiary alicyclic amines) is 1. The first-order valence-electron chi connectivity index (χ1n) is 10.2. The topological polar surface area (TPSA) is 45.5 Å². The van der Waals surface area contributed by atoms with E-state index in [2.05, 4.69) is 47.5 Å². The summed E-state index contributed by atoms with van der Waals surface area (Å²) in [6.45, 7) is 5.46. The molecule has 0 amide bonds. The molecule has 29 heavy (non-hydrogen) atoms. The van der Waals surface area contributed by atoms with Crippen LogP contribution in [-0.4, -0.2) is 32.6 Å². The van der Waals surface area contributed by atoms with Crippen molar-refractivity contribution in [3.63, 3.8) is 0 Å². The maximum atomic E-state index is 4.80. The Morgan fingerprint density at radius 1 is 1.00 bits per heavy atom. The highest BCUT2D eigenvalue weighted by Gasteiger charge is 2.24. The zero-order chi connectivity index (χ0) is 19.6. The number of nitrogens with one attached hydrogen (secondary N) is 1. The van der Waals surface area contributed by atoms with Gasteiger partial charge >= 0.3 is 0 Å². The van der Waals surface area contributed by atoms with Gasteiger partial charge in [0, 0.05) is 27.9 Å². The molecule has 5 nitrogen and oxygen atoms in total. The van der Waals surface area contributed by atoms with Crippen LogP contribution in [0.25, 0.3) is 5.65 Å². The van der Waals surface area contributed by atoms with Gasteiger partial charge in [-0.25, -0.2) is 9.50 Å². The van der Waals surface area contributed by atoms with Crippen molar-refractivity contribution in [1.82, 2.24) is 19.5 Å². The molecule has 1 fully saturated rings. The van der Waals surface area contributed by atoms with Crippen LogP contribution >= 0.6 is 11.3 Å². The van der Waals surface area contributed by atoms with E-state index in [-0.39, 0.29) is 0 Å². The van der Waals surface area contributed by atoms with Crippen LogP contribution in [0, 0.1) is 6.92 Å². The molecule has 148 valence electrons. The van der Waals surface area contributed by atoms with E-state index in [4.69, 9.17) is 10.1 Å². The molecule has 0 saturated carbocycles. The van der Waals surface area contributed by atoms with Crippen molar-refractivity contribution >= 4 is 28.4 Å². The van der Waals surface area contributed by atoms with Crippen LogP contribution in [0.3, 0.4) is 0 Å². The highest BCUT2D eigenvalue weighted by Crippen LogP contribution is 2.28. The first kappa shape index (κ1) is 18.3. The molecular weight excluding hydrogens is 378 g/mol. The van der Waals surface area contributed by atoms with Crippen molar-refractivity contribution in [2.75, 3.05) is 18.4 Å². The quantitative estimate of drug-likeness (QED) is 0.496. The molecule has 0 atom stereocenters. The molecule has 5 rings (SSSR count). The normalized spacial score (nSPS) is 15.8. The Labute approximate surface area is 175 Å². The molecule has 4 aromatic rings. The maximum Gasteiger partial charge on any atom is 0.155 e. The number of thiophene rings is 1. The summed E-state index contributed by atoms with van der Waals surface area (Å²) in [5, 5.41) is 8.22. The van der Waals surface area contributed by atoms with E-state index in [0.717, 1.165) is 55.3 Å². The summed E-state index contributed by atoms with van der Waals surface area (Å²) in [6, 6.07) is 18.8. The lowest BCUT2D eigenvalue weighted by Crippen LogP contribution is -2.32. The van der Waals surface area contributed by atoms with Gasteiger partial charge in [0.25, 0.3) is 0 Å². The molecule has 3 aromatic heterocycles. The highest BCUT2D eigenvalue weighted by atomic mass is 32.1. The monoisotopic (exact) mass is 403 g/mol. The first-order valence-corrected chi connectivity index (χ1v) is 11.0. The van der Waals surface area contributed by atoms with E-state index >= 15 is 0 Å². The van der Waals surface area contributed by atoms with Gasteiger partial charge in [-0.1, -0.05) is 18.2 Å². The number of piperidine rings is 1. The van der Waals surface area contributed by atoms with Gasteiger partial charge in [-0.15, -0.1) is 11.3 Å². The van der Waals surface area contributed by atoms with Crippen LogP contribution in [0.4, 0.5) is 11.4 Å². The second kappa shape index (κ2) is 7.97. The summed E-state index contributed by atoms with van der Waals surface area (Å²) in [4.78, 5) is 10.2. The number of hydrogen-bond donors (Lipinski definition) is 1. The summed E-state index contributed by atoms with van der Waals surface area (Å²) >= 11 is 1.91. The van der Waals surface area contributed by atoms with E-state index in [1.807, 2.05) is 46.3 Å². The van der Waals surface area contributed by atoms with Crippen LogP contribution < -0.4 is 5.32 Å². The Balaban J connectivity index is 1.25. The Bertz CT molecular complexity index is 1090. The molecular formula is C23H25N5S. The summed E-state index contributed by atoms with van der Waals surface area (Å²) in [6.07, 6.45) is 4.26. The van der Waals surface area contributed by atoms with Crippen LogP contribution in [0.1, 0.15) is 34.3 Å². The van der Waals surface area contributed by atoms with Gasteiger partial charge in [0.1, 0.15) is 0 Å². The number of aromatic nitrogens is 3. The van der Waals surface area contributed by atoms with Gasteiger partial charge in [0.05, 0.1) is 11.9 Å². The number of hydrogen-bond acceptors (Lipinski definition) is 5. The number of pyridine rings is 1. The Kier molecular flexibility index (Phi) is 5.04. The number of aryl methyl sites for hydroxylation is 1. The molecule has 4 heterocycles. The van der Waals surface area contributed by atoms with Crippen molar-refractivity contribution in [1.29, 1.82) is 0 Å². The Morgan fingerprint density at radius 3 is 2.59 bits per heavy atom. The largest absolute Gasteiger partial charge is 0.354 e. The van der Waals surface area contributed by atoms with Gasteiger partial charge < -0.3 is 5.32 Å². The molecule has 0 unspecified atom stereocenters. The van der Waals surface area contributed by atoms with Crippen LogP contribution in [-0.2, 0) is 6.54 Å². The predicted octanol–water partition coefficient (Wildman–Crippen LogP) is 5.22. The van der Waals surface area contributed by atoms with Crippen molar-refractivity contribution in [2.45, 2.75) is 32.2 Å². The lowest BCUT2D eigenvalue weighted by Gasteiger charge is -2.30. The van der Waals surface area contributed by atoms with Crippen LogP contribution in [0.5, 0.6) is 0 Å². The second-order valence-corrected chi connectivity index (χ2v) is 9.12. The lowest BCUT2D eigenvalue weighted by atomic mass is 9.96. The predicted molar refractivity (Wildman–Crippen MR) is 119 cm³/mol. The minimum Gasteiger partial charge on any atom is -0.354 e. The van der Waals surface area contributed by atoms with Crippen LogP contribution in [0.2, 0.25) is 0 Å². The molecule has 0 spiro atoms. The average molecular weight is 404 g/mol. The lowest BCUT2D eigenvalue weighted by molar-refractivity contribution is 0.203. The number of nitrogens with zero attached hydrogens (tertiary/aromatic N) is 4. The van der Waals surface area contributed by atoms with Gasteiger partial charge in [-0.3, -0.25) is 4.90 Å². The molecule has 1 saturated heterocycles. The van der Waals surface area contributed by atoms with Crippen molar-refractivity contribution in [3.8, 4) is 0 Å². The minimum absolute atomic E-state index is 0.446. The number of benzene rings is 1. The third-order valence-electron chi connectivity index (χ3n) is 5.54. The highest BCUT2D eigenvalue weighted by molar-refractivity contribution is 7.11. The van der Waals surface area contributed by atoms with Crippen molar-refractivity contribution in [3.05, 3.63) is 76.4 Å². The third kappa shape index (κ3) is 4.18. The molecule has 6 heteroatoms. The zero-order valence-electron chi connectivity index (χ0n) is 16.6. The molecule has 0 radical (unpaired) electrons. The molecule has 1 aliphatic rings. The number of fused-ring (bicyclic) bond motifs is 1. The van der Waals surface area contributed by atoms with Gasteiger partial charge in [-0.2, -0.15) is 5.10 Å². The molecule has 0 aliphatic carbocycles. The van der Waals surface area contributed by atoms with Gasteiger partial charge in [0.15, 0.2) is 11.5 Å². The fourth-order valence-electron chi connectivity index (χ4n) is 3.98. The molecule has 1 aromatic carbocycles. The second-order valence-electron chi connectivity index (χ2n) is 7.74. The SMILES string of the molecule is Cc1ccc(CN2CCC(c3nc4ccc(Nc5ccccc5)cn4n3)CC2)s1. The van der Waals surface area contributed by atoms with E-state index in [9.17, 15) is 0 Å². The third-order valence-corrected chi connectivity index (χ3v) is 6.52. The van der Waals surface area contributed by atoms with Crippen molar-refractivity contribution < 1.29 is 0 Å². The van der Waals surface area contributed by atoms with Gasteiger partial charge in [0.2, 0.25) is 0 Å². The first-order chi connectivity index (χ1) is 14.2. The Morgan fingerprint density at radius 2 is 1.83 bits per heavy atom. The zero-order valence-corrected chi connectivity index (χ0v) is 17.4. The minimum atomic E-state index is 0.446. The van der Waals surface area contributed by atoms with Crippen molar-refractivity contribution in [2.24, 2.45) is 0 Å². The fourth-order valence-corrected chi connectivity index (χ4v) is 4.91. The van der Waals surface area contributed by atoms with E-state index < -0.39 is 0 Å². The summed E-state index contributed by atoms with van der Waals surface area (Å²) < 4.78 is 1.90. The maximum absolute atomic E-state index is 4.80. The number of anilines is 2. The Hall–Kier alpha value is -2.70. The number of para-hydroxylation sites is 1.